The Morgan fingerprint density at radius 3 is 2.32 bits per heavy atom. The molecule has 3 heterocycles. The fourth-order valence-electron chi connectivity index (χ4n) is 3.27. The van der Waals surface area contributed by atoms with Crippen molar-refractivity contribution in [2.45, 2.75) is 0 Å². The van der Waals surface area contributed by atoms with Crippen molar-refractivity contribution < 1.29 is 23.6 Å². The number of carbonyl (C=O) groups is 3. The fraction of sp³-hybridized carbons (Fsp3) is 0. The Labute approximate surface area is 180 Å². The average molecular weight is 434 g/mol. The first kappa shape index (κ1) is 18.8. The maximum absolute atomic E-state index is 12.8. The Morgan fingerprint density at radius 2 is 1.68 bits per heavy atom. The van der Waals surface area contributed by atoms with E-state index in [0.717, 1.165) is 0 Å². The molecule has 1 aliphatic rings. The molecule has 0 atom stereocenters. The summed E-state index contributed by atoms with van der Waals surface area (Å²) in [6.07, 6.45) is 1.49. The zero-order chi connectivity index (χ0) is 21.5. The number of imide groups is 1. The molecule has 0 spiro atoms. The van der Waals surface area contributed by atoms with Crippen molar-refractivity contribution in [3.05, 3.63) is 94.8 Å². The molecular formula is C22H12ClN3O5. The molecule has 152 valence electrons. The SMILES string of the molecule is O=C(ON1C(=O)c2ccccc2C1=O)c1cc(-c2ccco2)n(-c2cccc(Cl)c2)n1. The smallest absolute Gasteiger partial charge is 0.384 e. The van der Waals surface area contributed by atoms with Gasteiger partial charge in [0.2, 0.25) is 0 Å². The summed E-state index contributed by atoms with van der Waals surface area (Å²) in [5.41, 5.74) is 1.25. The van der Waals surface area contributed by atoms with E-state index < -0.39 is 17.8 Å². The molecule has 9 heteroatoms. The molecule has 0 bridgehead atoms. The van der Waals surface area contributed by atoms with Crippen LogP contribution >= 0.6 is 11.6 Å². The van der Waals surface area contributed by atoms with Crippen molar-refractivity contribution in [2.24, 2.45) is 0 Å². The van der Waals surface area contributed by atoms with E-state index in [1.807, 2.05) is 0 Å². The first-order valence-electron chi connectivity index (χ1n) is 9.13. The number of carbonyl (C=O) groups excluding carboxylic acids is 3. The molecule has 31 heavy (non-hydrogen) atoms. The highest BCUT2D eigenvalue weighted by atomic mass is 35.5. The Hall–Kier alpha value is -4.17. The minimum absolute atomic E-state index is 0.122. The predicted molar refractivity (Wildman–Crippen MR) is 109 cm³/mol. The molecule has 2 amide bonds. The number of halogens is 1. The van der Waals surface area contributed by atoms with Crippen molar-refractivity contribution in [2.75, 3.05) is 0 Å². The lowest BCUT2D eigenvalue weighted by Crippen LogP contribution is -2.32. The van der Waals surface area contributed by atoms with E-state index in [9.17, 15) is 14.4 Å². The second kappa shape index (κ2) is 7.26. The average Bonchev–Trinajstić information content (AvgIpc) is 3.50. The van der Waals surface area contributed by atoms with Gasteiger partial charge in [-0.3, -0.25) is 9.59 Å². The molecular weight excluding hydrogens is 422 g/mol. The summed E-state index contributed by atoms with van der Waals surface area (Å²) in [6.45, 7) is 0. The van der Waals surface area contributed by atoms with Gasteiger partial charge < -0.3 is 9.25 Å². The van der Waals surface area contributed by atoms with Crippen LogP contribution in [0.5, 0.6) is 0 Å². The zero-order valence-corrected chi connectivity index (χ0v) is 16.4. The third kappa shape index (κ3) is 3.19. The van der Waals surface area contributed by atoms with Crippen molar-refractivity contribution >= 4 is 29.4 Å². The number of aromatic nitrogens is 2. The highest BCUT2D eigenvalue weighted by molar-refractivity contribution is 6.30. The number of amides is 2. The van der Waals surface area contributed by atoms with Crippen LogP contribution in [0.4, 0.5) is 0 Å². The summed E-state index contributed by atoms with van der Waals surface area (Å²) >= 11 is 6.09. The van der Waals surface area contributed by atoms with E-state index in [-0.39, 0.29) is 16.8 Å². The number of furan rings is 1. The Morgan fingerprint density at radius 1 is 0.935 bits per heavy atom. The van der Waals surface area contributed by atoms with Crippen LogP contribution in [-0.4, -0.2) is 32.6 Å². The second-order valence-corrected chi connectivity index (χ2v) is 7.05. The molecule has 4 aromatic rings. The summed E-state index contributed by atoms with van der Waals surface area (Å²) in [5, 5.41) is 5.22. The fourth-order valence-corrected chi connectivity index (χ4v) is 3.45. The van der Waals surface area contributed by atoms with Crippen LogP contribution in [0.1, 0.15) is 31.2 Å². The second-order valence-electron chi connectivity index (χ2n) is 6.61. The molecule has 8 nitrogen and oxygen atoms in total. The largest absolute Gasteiger partial charge is 0.463 e. The predicted octanol–water partition coefficient (Wildman–Crippen LogP) is 4.15. The third-order valence-electron chi connectivity index (χ3n) is 4.68. The summed E-state index contributed by atoms with van der Waals surface area (Å²) < 4.78 is 6.91. The summed E-state index contributed by atoms with van der Waals surface area (Å²) in [7, 11) is 0. The molecule has 0 radical (unpaired) electrons. The van der Waals surface area contributed by atoms with E-state index in [1.165, 1.54) is 29.1 Å². The normalized spacial score (nSPS) is 12.9. The van der Waals surface area contributed by atoms with Crippen LogP contribution in [0.3, 0.4) is 0 Å². The molecule has 0 saturated heterocycles. The van der Waals surface area contributed by atoms with Gasteiger partial charge in [0, 0.05) is 11.1 Å². The molecule has 5 rings (SSSR count). The van der Waals surface area contributed by atoms with Crippen LogP contribution in [0.2, 0.25) is 5.02 Å². The highest BCUT2D eigenvalue weighted by Gasteiger charge is 2.39. The summed E-state index contributed by atoms with van der Waals surface area (Å²) in [4.78, 5) is 42.8. The van der Waals surface area contributed by atoms with E-state index in [0.29, 0.717) is 27.2 Å². The topological polar surface area (TPSA) is 94.6 Å². The molecule has 0 saturated carbocycles. The van der Waals surface area contributed by atoms with Crippen LogP contribution in [0.25, 0.3) is 17.1 Å². The van der Waals surface area contributed by atoms with Gasteiger partial charge in [-0.25, -0.2) is 9.48 Å². The van der Waals surface area contributed by atoms with Gasteiger partial charge in [-0.2, -0.15) is 5.10 Å². The van der Waals surface area contributed by atoms with E-state index in [2.05, 4.69) is 5.10 Å². The van der Waals surface area contributed by atoms with E-state index in [4.69, 9.17) is 20.9 Å². The van der Waals surface area contributed by atoms with Crippen molar-refractivity contribution in [3.63, 3.8) is 0 Å². The highest BCUT2D eigenvalue weighted by Crippen LogP contribution is 2.27. The number of nitrogens with zero attached hydrogens (tertiary/aromatic N) is 3. The van der Waals surface area contributed by atoms with Crippen LogP contribution in [0.15, 0.2) is 77.4 Å². The Balaban J connectivity index is 1.50. The number of fused-ring (bicyclic) bond motifs is 1. The lowest BCUT2D eigenvalue weighted by Gasteiger charge is -2.11. The Kier molecular flexibility index (Phi) is 4.41. The molecule has 0 unspecified atom stereocenters. The minimum Gasteiger partial charge on any atom is -0.463 e. The van der Waals surface area contributed by atoms with Crippen LogP contribution in [0, 0.1) is 0 Å². The van der Waals surface area contributed by atoms with Gasteiger partial charge in [0.15, 0.2) is 11.5 Å². The molecule has 0 N–H and O–H groups in total. The quantitative estimate of drug-likeness (QED) is 0.449. The minimum atomic E-state index is -0.969. The molecule has 2 aromatic carbocycles. The van der Waals surface area contributed by atoms with E-state index >= 15 is 0 Å². The molecule has 2 aromatic heterocycles. The monoisotopic (exact) mass is 433 g/mol. The number of hydroxylamine groups is 2. The van der Waals surface area contributed by atoms with Gasteiger partial charge in [0.25, 0.3) is 11.8 Å². The summed E-state index contributed by atoms with van der Waals surface area (Å²) in [5.74, 6) is -1.95. The van der Waals surface area contributed by atoms with Gasteiger partial charge in [0.1, 0.15) is 5.69 Å². The summed E-state index contributed by atoms with van der Waals surface area (Å²) in [6, 6.07) is 17.9. The van der Waals surface area contributed by atoms with Gasteiger partial charge in [0.05, 0.1) is 23.1 Å². The van der Waals surface area contributed by atoms with Crippen molar-refractivity contribution in [1.82, 2.24) is 14.8 Å². The van der Waals surface area contributed by atoms with Gasteiger partial charge in [-0.05, 0) is 42.5 Å². The number of hydrogen-bond donors (Lipinski definition) is 0. The lowest BCUT2D eigenvalue weighted by molar-refractivity contribution is -0.0588. The van der Waals surface area contributed by atoms with Gasteiger partial charge >= 0.3 is 5.97 Å². The molecule has 1 aliphatic heterocycles. The van der Waals surface area contributed by atoms with Crippen molar-refractivity contribution in [3.8, 4) is 17.1 Å². The zero-order valence-electron chi connectivity index (χ0n) is 15.7. The Bertz CT molecular complexity index is 1310. The molecule has 0 fully saturated rings. The van der Waals surface area contributed by atoms with Crippen LogP contribution in [-0.2, 0) is 4.84 Å². The lowest BCUT2D eigenvalue weighted by atomic mass is 10.1. The standard InChI is InChI=1S/C22H12ClN3O5/c23-13-5-3-6-14(11-13)25-18(19-9-4-10-30-19)12-17(24-25)22(29)31-26-20(27)15-7-1-2-8-16(15)21(26)28/h1-12H. The first-order valence-corrected chi connectivity index (χ1v) is 9.51. The van der Waals surface area contributed by atoms with Gasteiger partial charge in [-0.1, -0.05) is 34.9 Å². The maximum Gasteiger partial charge on any atom is 0.384 e. The van der Waals surface area contributed by atoms with Crippen molar-refractivity contribution in [1.29, 1.82) is 0 Å². The van der Waals surface area contributed by atoms with Gasteiger partial charge in [-0.15, -0.1) is 0 Å². The van der Waals surface area contributed by atoms with Crippen LogP contribution < -0.4 is 0 Å². The van der Waals surface area contributed by atoms with E-state index in [1.54, 1.807) is 48.5 Å². The number of benzene rings is 2. The molecule has 0 aliphatic carbocycles. The number of rotatable bonds is 4. The first-order chi connectivity index (χ1) is 15.0. The number of hydrogen-bond acceptors (Lipinski definition) is 6. The third-order valence-corrected chi connectivity index (χ3v) is 4.91. The maximum atomic E-state index is 12.8.